The van der Waals surface area contributed by atoms with E-state index in [0.717, 1.165) is 30.2 Å². The quantitative estimate of drug-likeness (QED) is 0.903. The SMILES string of the molecule is Cc1cc([C@H]2CNC[C@@H]2NCc2ccccc2)ccc1Cl. The monoisotopic (exact) mass is 300 g/mol. The van der Waals surface area contributed by atoms with Gasteiger partial charge in [0.25, 0.3) is 0 Å². The molecule has 3 rings (SSSR count). The van der Waals surface area contributed by atoms with Gasteiger partial charge in [-0.05, 0) is 29.7 Å². The average Bonchev–Trinajstić information content (AvgIpc) is 2.97. The molecule has 110 valence electrons. The molecule has 1 saturated heterocycles. The lowest BCUT2D eigenvalue weighted by atomic mass is 9.93. The van der Waals surface area contributed by atoms with Gasteiger partial charge in [-0.15, -0.1) is 0 Å². The molecule has 0 saturated carbocycles. The zero-order chi connectivity index (χ0) is 14.7. The van der Waals surface area contributed by atoms with Crippen molar-refractivity contribution in [1.29, 1.82) is 0 Å². The molecule has 2 nitrogen and oxygen atoms in total. The highest BCUT2D eigenvalue weighted by Gasteiger charge is 2.28. The van der Waals surface area contributed by atoms with Crippen LogP contribution >= 0.6 is 11.6 Å². The van der Waals surface area contributed by atoms with Crippen molar-refractivity contribution in [3.8, 4) is 0 Å². The van der Waals surface area contributed by atoms with Gasteiger partial charge in [-0.25, -0.2) is 0 Å². The molecule has 0 radical (unpaired) electrons. The van der Waals surface area contributed by atoms with Gasteiger partial charge in [-0.2, -0.15) is 0 Å². The molecule has 0 spiro atoms. The Hall–Kier alpha value is -1.35. The third-order valence-corrected chi connectivity index (χ3v) is 4.66. The Kier molecular flexibility index (Phi) is 4.59. The minimum atomic E-state index is 0.464. The first kappa shape index (κ1) is 14.6. The number of hydrogen-bond acceptors (Lipinski definition) is 2. The van der Waals surface area contributed by atoms with E-state index < -0.39 is 0 Å². The van der Waals surface area contributed by atoms with E-state index in [0.29, 0.717) is 12.0 Å². The Morgan fingerprint density at radius 1 is 1.14 bits per heavy atom. The van der Waals surface area contributed by atoms with Crippen LogP contribution in [-0.4, -0.2) is 19.1 Å². The van der Waals surface area contributed by atoms with Gasteiger partial charge < -0.3 is 10.6 Å². The molecule has 2 N–H and O–H groups in total. The standard InChI is InChI=1S/C18H21ClN2/c1-13-9-15(7-8-17(13)19)16-11-20-12-18(16)21-10-14-5-3-2-4-6-14/h2-9,16,18,20-21H,10-12H2,1H3/t16-,18+/m1/s1. The summed E-state index contributed by atoms with van der Waals surface area (Å²) in [7, 11) is 0. The second-order valence-electron chi connectivity index (χ2n) is 5.75. The van der Waals surface area contributed by atoms with E-state index in [9.17, 15) is 0 Å². The first-order chi connectivity index (χ1) is 10.2. The number of nitrogens with one attached hydrogen (secondary N) is 2. The van der Waals surface area contributed by atoms with Gasteiger partial charge in [0.2, 0.25) is 0 Å². The van der Waals surface area contributed by atoms with Crippen LogP contribution < -0.4 is 10.6 Å². The first-order valence-corrected chi connectivity index (χ1v) is 7.86. The fourth-order valence-corrected chi connectivity index (χ4v) is 3.10. The fourth-order valence-electron chi connectivity index (χ4n) is 2.99. The van der Waals surface area contributed by atoms with E-state index in [1.165, 1.54) is 11.1 Å². The Balaban J connectivity index is 1.69. The van der Waals surface area contributed by atoms with E-state index in [1.54, 1.807) is 0 Å². The van der Waals surface area contributed by atoms with Gasteiger partial charge in [0.15, 0.2) is 0 Å². The Bertz CT molecular complexity index is 597. The molecule has 2 aromatic carbocycles. The lowest BCUT2D eigenvalue weighted by molar-refractivity contribution is 0.503. The molecule has 0 unspecified atom stereocenters. The summed E-state index contributed by atoms with van der Waals surface area (Å²) in [4.78, 5) is 0. The third-order valence-electron chi connectivity index (χ3n) is 4.24. The lowest BCUT2D eigenvalue weighted by Gasteiger charge is -2.21. The maximum Gasteiger partial charge on any atom is 0.0435 e. The topological polar surface area (TPSA) is 24.1 Å². The Morgan fingerprint density at radius 2 is 1.95 bits per heavy atom. The van der Waals surface area contributed by atoms with Crippen molar-refractivity contribution in [3.05, 3.63) is 70.2 Å². The Labute approximate surface area is 131 Å². The summed E-state index contributed by atoms with van der Waals surface area (Å²) in [6.45, 7) is 5.02. The molecule has 0 bridgehead atoms. The maximum absolute atomic E-state index is 6.13. The van der Waals surface area contributed by atoms with Crippen LogP contribution in [0.2, 0.25) is 5.02 Å². The molecule has 1 aliphatic rings. The van der Waals surface area contributed by atoms with Crippen molar-refractivity contribution in [3.63, 3.8) is 0 Å². The zero-order valence-electron chi connectivity index (χ0n) is 12.3. The van der Waals surface area contributed by atoms with E-state index in [1.807, 2.05) is 6.07 Å². The number of rotatable bonds is 4. The molecular weight excluding hydrogens is 280 g/mol. The number of hydrogen-bond donors (Lipinski definition) is 2. The molecule has 2 aromatic rings. The summed E-state index contributed by atoms with van der Waals surface area (Å²) in [5, 5.41) is 8.03. The summed E-state index contributed by atoms with van der Waals surface area (Å²) in [5.74, 6) is 0.504. The number of benzene rings is 2. The highest BCUT2D eigenvalue weighted by molar-refractivity contribution is 6.31. The smallest absolute Gasteiger partial charge is 0.0435 e. The zero-order valence-corrected chi connectivity index (χ0v) is 13.0. The van der Waals surface area contributed by atoms with Gasteiger partial charge in [0.05, 0.1) is 0 Å². The number of halogens is 1. The van der Waals surface area contributed by atoms with E-state index >= 15 is 0 Å². The normalized spacial score (nSPS) is 21.6. The van der Waals surface area contributed by atoms with E-state index in [-0.39, 0.29) is 0 Å². The van der Waals surface area contributed by atoms with Crippen molar-refractivity contribution in [1.82, 2.24) is 10.6 Å². The summed E-state index contributed by atoms with van der Waals surface area (Å²) in [6, 6.07) is 17.4. The van der Waals surface area contributed by atoms with Crippen LogP contribution in [-0.2, 0) is 6.54 Å². The van der Waals surface area contributed by atoms with Gasteiger partial charge >= 0.3 is 0 Å². The second kappa shape index (κ2) is 6.61. The molecule has 0 aliphatic carbocycles. The highest BCUT2D eigenvalue weighted by atomic mass is 35.5. The van der Waals surface area contributed by atoms with Crippen LogP contribution in [0.5, 0.6) is 0 Å². The highest BCUT2D eigenvalue weighted by Crippen LogP contribution is 2.26. The van der Waals surface area contributed by atoms with Crippen LogP contribution in [0.3, 0.4) is 0 Å². The second-order valence-corrected chi connectivity index (χ2v) is 6.15. The molecule has 1 heterocycles. The summed E-state index contributed by atoms with van der Waals surface area (Å²) in [5.41, 5.74) is 3.85. The third kappa shape index (κ3) is 3.46. The summed E-state index contributed by atoms with van der Waals surface area (Å²) in [6.07, 6.45) is 0. The van der Waals surface area contributed by atoms with Crippen molar-refractivity contribution in [2.45, 2.75) is 25.4 Å². The molecule has 0 aromatic heterocycles. The van der Waals surface area contributed by atoms with Gasteiger partial charge in [-0.3, -0.25) is 0 Å². The minimum absolute atomic E-state index is 0.464. The van der Waals surface area contributed by atoms with Crippen molar-refractivity contribution in [2.24, 2.45) is 0 Å². The van der Waals surface area contributed by atoms with E-state index in [4.69, 9.17) is 11.6 Å². The van der Waals surface area contributed by atoms with Crippen molar-refractivity contribution in [2.75, 3.05) is 13.1 Å². The van der Waals surface area contributed by atoms with Gasteiger partial charge in [0, 0.05) is 36.6 Å². The molecule has 2 atom stereocenters. The van der Waals surface area contributed by atoms with Gasteiger partial charge in [0.1, 0.15) is 0 Å². The molecule has 21 heavy (non-hydrogen) atoms. The minimum Gasteiger partial charge on any atom is -0.314 e. The molecule has 0 amide bonds. The molecule has 1 fully saturated rings. The van der Waals surface area contributed by atoms with Crippen LogP contribution in [0.1, 0.15) is 22.6 Å². The van der Waals surface area contributed by atoms with E-state index in [2.05, 4.69) is 60.0 Å². The predicted molar refractivity (Wildman–Crippen MR) is 88.9 cm³/mol. The lowest BCUT2D eigenvalue weighted by Crippen LogP contribution is -2.34. The fraction of sp³-hybridized carbons (Fsp3) is 0.333. The van der Waals surface area contributed by atoms with Crippen LogP contribution in [0.4, 0.5) is 0 Å². The largest absolute Gasteiger partial charge is 0.314 e. The van der Waals surface area contributed by atoms with Crippen molar-refractivity contribution < 1.29 is 0 Å². The van der Waals surface area contributed by atoms with Crippen LogP contribution in [0, 0.1) is 6.92 Å². The van der Waals surface area contributed by atoms with Crippen molar-refractivity contribution >= 4 is 11.6 Å². The summed E-state index contributed by atoms with van der Waals surface area (Å²) < 4.78 is 0. The Morgan fingerprint density at radius 3 is 2.71 bits per heavy atom. The number of aryl methyl sites for hydroxylation is 1. The predicted octanol–water partition coefficient (Wildman–Crippen LogP) is 3.49. The summed E-state index contributed by atoms with van der Waals surface area (Å²) >= 11 is 6.13. The molecule has 1 aliphatic heterocycles. The van der Waals surface area contributed by atoms with Gasteiger partial charge in [-0.1, -0.05) is 54.1 Å². The molecular formula is C18H21ClN2. The average molecular weight is 301 g/mol. The first-order valence-electron chi connectivity index (χ1n) is 7.48. The maximum atomic E-state index is 6.13. The van der Waals surface area contributed by atoms with Crippen LogP contribution in [0.15, 0.2) is 48.5 Å². The molecule has 3 heteroatoms. The van der Waals surface area contributed by atoms with Crippen LogP contribution in [0.25, 0.3) is 0 Å².